The first-order valence-electron chi connectivity index (χ1n) is 9.95. The number of halogens is 1. The monoisotopic (exact) mass is 521 g/mol. The maximum absolute atomic E-state index is 12.9. The Morgan fingerprint density at radius 3 is 2.35 bits per heavy atom. The minimum atomic E-state index is -0.811. The Morgan fingerprint density at radius 1 is 1.00 bits per heavy atom. The molecule has 34 heavy (non-hydrogen) atoms. The number of non-ortho nitro benzene ring substituents is 1. The second kappa shape index (κ2) is 9.67. The molecule has 0 spiro atoms. The number of barbiturate groups is 1. The average molecular weight is 522 g/mol. The Labute approximate surface area is 201 Å². The molecule has 3 aromatic carbocycles. The smallest absolute Gasteiger partial charge is 0.335 e. The van der Waals surface area contributed by atoms with Crippen LogP contribution < -0.4 is 15.0 Å². The predicted molar refractivity (Wildman–Crippen MR) is 127 cm³/mol. The summed E-state index contributed by atoms with van der Waals surface area (Å²) in [6.07, 6.45) is 1.39. The molecule has 1 aliphatic heterocycles. The molecule has 10 heteroatoms. The van der Waals surface area contributed by atoms with E-state index in [-0.39, 0.29) is 17.9 Å². The van der Waals surface area contributed by atoms with Crippen LogP contribution >= 0.6 is 15.9 Å². The molecule has 1 N–H and O–H groups in total. The van der Waals surface area contributed by atoms with E-state index in [1.54, 1.807) is 60.7 Å². The molecule has 170 valence electrons. The second-order valence-electron chi connectivity index (χ2n) is 7.20. The van der Waals surface area contributed by atoms with Crippen LogP contribution in [0.25, 0.3) is 6.08 Å². The number of ether oxygens (including phenoxy) is 1. The van der Waals surface area contributed by atoms with Gasteiger partial charge in [0, 0.05) is 12.1 Å². The van der Waals surface area contributed by atoms with Crippen LogP contribution in [0.4, 0.5) is 16.2 Å². The van der Waals surface area contributed by atoms with E-state index in [9.17, 15) is 24.5 Å². The molecule has 0 aromatic heterocycles. The molecule has 1 saturated heterocycles. The van der Waals surface area contributed by atoms with Crippen molar-refractivity contribution in [2.75, 3.05) is 4.90 Å². The van der Waals surface area contributed by atoms with Gasteiger partial charge in [-0.25, -0.2) is 9.69 Å². The first-order valence-corrected chi connectivity index (χ1v) is 10.7. The van der Waals surface area contributed by atoms with Crippen LogP contribution in [0.1, 0.15) is 11.1 Å². The van der Waals surface area contributed by atoms with E-state index in [4.69, 9.17) is 4.74 Å². The number of hydrogen-bond acceptors (Lipinski definition) is 6. The van der Waals surface area contributed by atoms with Crippen molar-refractivity contribution in [2.24, 2.45) is 0 Å². The van der Waals surface area contributed by atoms with Gasteiger partial charge < -0.3 is 4.74 Å². The third kappa shape index (κ3) is 4.86. The summed E-state index contributed by atoms with van der Waals surface area (Å²) in [5.41, 5.74) is 1.44. The number of imide groups is 2. The Balaban J connectivity index is 1.52. The molecule has 4 amide bonds. The number of para-hydroxylation sites is 1. The Morgan fingerprint density at radius 2 is 1.71 bits per heavy atom. The molecular formula is C24H16BrN3O6. The standard InChI is InChI=1S/C24H16BrN3O6/c25-20-13-16(8-11-21(20)34-14-15-6-9-18(10-7-15)28(32)33)12-19-22(29)26-24(31)27(23(19)30)17-4-2-1-3-5-17/h1-13H,14H2,(H,26,29,31)/b19-12+. The van der Waals surface area contributed by atoms with Crippen LogP contribution in [0.5, 0.6) is 5.75 Å². The molecule has 1 aliphatic rings. The number of carbonyl (C=O) groups is 3. The van der Waals surface area contributed by atoms with Crippen molar-refractivity contribution in [3.05, 3.63) is 104 Å². The summed E-state index contributed by atoms with van der Waals surface area (Å²) in [7, 11) is 0. The number of urea groups is 1. The van der Waals surface area contributed by atoms with Crippen LogP contribution in [0.2, 0.25) is 0 Å². The molecule has 0 atom stereocenters. The summed E-state index contributed by atoms with van der Waals surface area (Å²) < 4.78 is 6.34. The number of nitrogens with zero attached hydrogens (tertiary/aromatic N) is 2. The average Bonchev–Trinajstić information content (AvgIpc) is 2.82. The van der Waals surface area contributed by atoms with Crippen LogP contribution in [-0.4, -0.2) is 22.8 Å². The molecule has 0 saturated carbocycles. The van der Waals surface area contributed by atoms with E-state index in [1.807, 2.05) is 0 Å². The zero-order valence-electron chi connectivity index (χ0n) is 17.4. The highest BCUT2D eigenvalue weighted by molar-refractivity contribution is 9.10. The van der Waals surface area contributed by atoms with Crippen molar-refractivity contribution >= 4 is 51.2 Å². The number of nitrogens with one attached hydrogen (secondary N) is 1. The van der Waals surface area contributed by atoms with Gasteiger partial charge in [-0.05, 0) is 69.5 Å². The molecular weight excluding hydrogens is 506 g/mol. The summed E-state index contributed by atoms with van der Waals surface area (Å²) in [4.78, 5) is 48.7. The van der Waals surface area contributed by atoms with Gasteiger partial charge in [-0.1, -0.05) is 24.3 Å². The van der Waals surface area contributed by atoms with Gasteiger partial charge >= 0.3 is 6.03 Å². The van der Waals surface area contributed by atoms with Gasteiger partial charge in [0.2, 0.25) is 0 Å². The minimum Gasteiger partial charge on any atom is -0.488 e. The van der Waals surface area contributed by atoms with Crippen molar-refractivity contribution in [1.82, 2.24) is 5.32 Å². The van der Waals surface area contributed by atoms with E-state index in [0.717, 1.165) is 10.5 Å². The van der Waals surface area contributed by atoms with E-state index < -0.39 is 22.8 Å². The van der Waals surface area contributed by atoms with Gasteiger partial charge in [0.1, 0.15) is 17.9 Å². The van der Waals surface area contributed by atoms with Gasteiger partial charge in [0.25, 0.3) is 17.5 Å². The summed E-state index contributed by atoms with van der Waals surface area (Å²) >= 11 is 3.41. The summed E-state index contributed by atoms with van der Waals surface area (Å²) in [5, 5.41) is 12.9. The number of nitro benzene ring substituents is 1. The molecule has 4 rings (SSSR count). The molecule has 0 radical (unpaired) electrons. The summed E-state index contributed by atoms with van der Waals surface area (Å²) in [6.45, 7) is 0.187. The molecule has 0 aliphatic carbocycles. The van der Waals surface area contributed by atoms with Crippen molar-refractivity contribution in [1.29, 1.82) is 0 Å². The van der Waals surface area contributed by atoms with Crippen molar-refractivity contribution in [3.8, 4) is 5.75 Å². The van der Waals surface area contributed by atoms with Crippen LogP contribution in [0.15, 0.2) is 82.8 Å². The number of carbonyl (C=O) groups excluding carboxylic acids is 3. The second-order valence-corrected chi connectivity index (χ2v) is 8.05. The van der Waals surface area contributed by atoms with E-state index in [0.29, 0.717) is 21.5 Å². The van der Waals surface area contributed by atoms with E-state index in [2.05, 4.69) is 21.2 Å². The lowest BCUT2D eigenvalue weighted by atomic mass is 10.1. The highest BCUT2D eigenvalue weighted by atomic mass is 79.9. The SMILES string of the molecule is O=C1NC(=O)N(c2ccccc2)C(=O)/C1=C/c1ccc(OCc2ccc([N+](=O)[O-])cc2)c(Br)c1. The van der Waals surface area contributed by atoms with Crippen LogP contribution in [0, 0.1) is 10.1 Å². The number of nitro groups is 1. The van der Waals surface area contributed by atoms with Gasteiger partial charge in [-0.15, -0.1) is 0 Å². The van der Waals surface area contributed by atoms with Gasteiger partial charge in [0.15, 0.2) is 0 Å². The molecule has 1 fully saturated rings. The van der Waals surface area contributed by atoms with Gasteiger partial charge in [-0.3, -0.25) is 25.0 Å². The lowest BCUT2D eigenvalue weighted by Crippen LogP contribution is -2.54. The maximum atomic E-state index is 12.9. The lowest BCUT2D eigenvalue weighted by Gasteiger charge is -2.26. The van der Waals surface area contributed by atoms with Gasteiger partial charge in [-0.2, -0.15) is 0 Å². The number of amides is 4. The zero-order chi connectivity index (χ0) is 24.2. The Hall–Kier alpha value is -4.31. The van der Waals surface area contributed by atoms with Crippen LogP contribution in [0.3, 0.4) is 0 Å². The molecule has 1 heterocycles. The quantitative estimate of drug-likeness (QED) is 0.219. The minimum absolute atomic E-state index is 0.00357. The van der Waals surface area contributed by atoms with E-state index >= 15 is 0 Å². The fourth-order valence-corrected chi connectivity index (χ4v) is 3.75. The molecule has 3 aromatic rings. The maximum Gasteiger partial charge on any atom is 0.335 e. The third-order valence-electron chi connectivity index (χ3n) is 4.92. The summed E-state index contributed by atoms with van der Waals surface area (Å²) in [5.74, 6) is -1.01. The number of hydrogen-bond donors (Lipinski definition) is 1. The highest BCUT2D eigenvalue weighted by Gasteiger charge is 2.36. The topological polar surface area (TPSA) is 119 Å². The third-order valence-corrected chi connectivity index (χ3v) is 5.54. The lowest BCUT2D eigenvalue weighted by molar-refractivity contribution is -0.384. The van der Waals surface area contributed by atoms with E-state index in [1.165, 1.54) is 18.2 Å². The fourth-order valence-electron chi connectivity index (χ4n) is 3.23. The normalized spacial score (nSPS) is 14.8. The molecule has 9 nitrogen and oxygen atoms in total. The Kier molecular flexibility index (Phi) is 6.51. The predicted octanol–water partition coefficient (Wildman–Crippen LogP) is 4.60. The first kappa shape index (κ1) is 22.9. The number of rotatable bonds is 6. The number of anilines is 1. The summed E-state index contributed by atoms with van der Waals surface area (Å²) in [6, 6.07) is 18.5. The largest absolute Gasteiger partial charge is 0.488 e. The van der Waals surface area contributed by atoms with Crippen molar-refractivity contribution in [3.63, 3.8) is 0 Å². The van der Waals surface area contributed by atoms with Crippen molar-refractivity contribution < 1.29 is 24.0 Å². The number of benzene rings is 3. The van der Waals surface area contributed by atoms with Gasteiger partial charge in [0.05, 0.1) is 15.1 Å². The Bertz CT molecular complexity index is 1320. The molecule has 0 unspecified atom stereocenters. The molecule has 0 bridgehead atoms. The first-order chi connectivity index (χ1) is 16.3. The van der Waals surface area contributed by atoms with Crippen LogP contribution in [-0.2, 0) is 16.2 Å². The fraction of sp³-hybridized carbons (Fsp3) is 0.0417. The zero-order valence-corrected chi connectivity index (χ0v) is 19.0. The highest BCUT2D eigenvalue weighted by Crippen LogP contribution is 2.29. The van der Waals surface area contributed by atoms with Crippen molar-refractivity contribution in [2.45, 2.75) is 6.61 Å².